The second-order valence-electron chi connectivity index (χ2n) is 8.07. The summed E-state index contributed by atoms with van der Waals surface area (Å²) in [6, 6.07) is 9.89. The molecule has 2 N–H and O–H groups in total. The second-order valence-corrected chi connectivity index (χ2v) is 8.07. The Morgan fingerprint density at radius 1 is 0.846 bits per heavy atom. The molecule has 0 unspecified atom stereocenters. The van der Waals surface area contributed by atoms with Crippen molar-refractivity contribution in [2.24, 2.45) is 0 Å². The molecule has 0 spiro atoms. The molecule has 2 aromatic rings. The molecule has 2 rings (SSSR count). The van der Waals surface area contributed by atoms with Gasteiger partial charge >= 0.3 is 0 Å². The van der Waals surface area contributed by atoms with Gasteiger partial charge in [-0.05, 0) is 47.6 Å². The molecule has 0 bridgehead atoms. The summed E-state index contributed by atoms with van der Waals surface area (Å²) in [6.45, 7) is 10.8. The van der Waals surface area contributed by atoms with Crippen molar-refractivity contribution in [1.82, 2.24) is 0 Å². The van der Waals surface area contributed by atoms with Crippen LogP contribution in [-0.2, 0) is 0 Å². The summed E-state index contributed by atoms with van der Waals surface area (Å²) < 4.78 is 11.5. The fraction of sp³-hybridized carbons (Fsp3) is 0.381. The topological polar surface area (TPSA) is 76.0 Å². The molecule has 26 heavy (non-hydrogen) atoms. The Balaban J connectivity index is 2.65. The normalized spacial score (nSPS) is 11.9. The Morgan fingerprint density at radius 3 is 1.85 bits per heavy atom. The highest BCUT2D eigenvalue weighted by Gasteiger charge is 2.29. The highest BCUT2D eigenvalue weighted by atomic mass is 16.5. The molecule has 0 fully saturated rings. The van der Waals surface area contributed by atoms with E-state index < -0.39 is 17.0 Å². The maximum absolute atomic E-state index is 12.9. The summed E-state index contributed by atoms with van der Waals surface area (Å²) in [7, 11) is 0. The minimum Gasteiger partial charge on any atom is -0.504 e. The fourth-order valence-electron chi connectivity index (χ4n) is 2.35. The number of ketones is 1. The quantitative estimate of drug-likeness (QED) is 0.776. The third-order valence-corrected chi connectivity index (χ3v) is 3.29. The molecular weight excluding hydrogens is 332 g/mol. The van der Waals surface area contributed by atoms with E-state index in [1.54, 1.807) is 71.9 Å². The van der Waals surface area contributed by atoms with Crippen molar-refractivity contribution in [3.63, 3.8) is 0 Å². The van der Waals surface area contributed by atoms with Gasteiger partial charge in [0.25, 0.3) is 0 Å². The van der Waals surface area contributed by atoms with Gasteiger partial charge in [-0.25, -0.2) is 0 Å². The lowest BCUT2D eigenvalue weighted by molar-refractivity contribution is 0.0982. The number of ether oxygens (including phenoxy) is 2. The summed E-state index contributed by atoms with van der Waals surface area (Å²) in [5, 5.41) is 21.1. The zero-order chi connectivity index (χ0) is 19.7. The molecule has 0 aliphatic rings. The molecule has 0 atom stereocenters. The summed E-state index contributed by atoms with van der Waals surface area (Å²) in [4.78, 5) is 12.9. The van der Waals surface area contributed by atoms with Crippen LogP contribution in [0, 0.1) is 0 Å². The molecule has 0 radical (unpaired) electrons. The van der Waals surface area contributed by atoms with E-state index in [2.05, 4.69) is 0 Å². The number of carbonyl (C=O) groups excluding carboxylic acids is 1. The second kappa shape index (κ2) is 6.90. The van der Waals surface area contributed by atoms with Crippen molar-refractivity contribution in [2.75, 3.05) is 0 Å². The van der Waals surface area contributed by atoms with Crippen LogP contribution in [0.1, 0.15) is 57.5 Å². The largest absolute Gasteiger partial charge is 0.504 e. The van der Waals surface area contributed by atoms with E-state index in [4.69, 9.17) is 9.47 Å². The summed E-state index contributed by atoms with van der Waals surface area (Å²) in [5.41, 5.74) is -0.824. The first kappa shape index (κ1) is 19.6. The first-order chi connectivity index (χ1) is 11.9. The molecule has 0 aromatic heterocycles. The standard InChI is InChI=1S/C21H26O5/c1-20(2,3)25-18-14(16(23)13-10-8-7-9-11-13)12-15(22)19(17(18)24)26-21(4,5)6/h7-12,22,24H,1-6H3. The van der Waals surface area contributed by atoms with E-state index in [1.165, 1.54) is 6.07 Å². The number of hydrogen-bond acceptors (Lipinski definition) is 5. The maximum Gasteiger partial charge on any atom is 0.207 e. The van der Waals surface area contributed by atoms with Crippen LogP contribution >= 0.6 is 0 Å². The van der Waals surface area contributed by atoms with Crippen molar-refractivity contribution < 1.29 is 24.5 Å². The number of carbonyl (C=O) groups is 1. The molecule has 5 heteroatoms. The average Bonchev–Trinajstić information content (AvgIpc) is 2.52. The Morgan fingerprint density at radius 2 is 1.35 bits per heavy atom. The molecule has 0 saturated carbocycles. The Bertz CT molecular complexity index is 796. The number of phenols is 2. The van der Waals surface area contributed by atoms with Gasteiger partial charge in [-0.2, -0.15) is 0 Å². The predicted molar refractivity (Wildman–Crippen MR) is 100 cm³/mol. The van der Waals surface area contributed by atoms with Crippen LogP contribution in [0.15, 0.2) is 36.4 Å². The molecule has 0 aliphatic carbocycles. The van der Waals surface area contributed by atoms with Gasteiger partial charge in [0.2, 0.25) is 11.5 Å². The van der Waals surface area contributed by atoms with E-state index in [0.29, 0.717) is 5.56 Å². The molecule has 0 amide bonds. The average molecular weight is 358 g/mol. The van der Waals surface area contributed by atoms with Crippen molar-refractivity contribution in [3.8, 4) is 23.0 Å². The monoisotopic (exact) mass is 358 g/mol. The van der Waals surface area contributed by atoms with Crippen LogP contribution in [0.2, 0.25) is 0 Å². The van der Waals surface area contributed by atoms with Crippen LogP contribution in [-0.4, -0.2) is 27.2 Å². The lowest BCUT2D eigenvalue weighted by atomic mass is 10.0. The van der Waals surface area contributed by atoms with Crippen molar-refractivity contribution in [2.45, 2.75) is 52.7 Å². The van der Waals surface area contributed by atoms with Gasteiger partial charge in [0.05, 0.1) is 5.56 Å². The van der Waals surface area contributed by atoms with Gasteiger partial charge in [0.1, 0.15) is 11.2 Å². The van der Waals surface area contributed by atoms with Gasteiger partial charge in [-0.3, -0.25) is 4.79 Å². The Labute approximate surface area is 154 Å². The van der Waals surface area contributed by atoms with Gasteiger partial charge in [-0.1, -0.05) is 30.3 Å². The van der Waals surface area contributed by atoms with E-state index in [-0.39, 0.29) is 28.6 Å². The summed E-state index contributed by atoms with van der Waals surface area (Å²) in [6.07, 6.45) is 0. The summed E-state index contributed by atoms with van der Waals surface area (Å²) >= 11 is 0. The van der Waals surface area contributed by atoms with E-state index in [0.717, 1.165) is 0 Å². The molecule has 0 saturated heterocycles. The maximum atomic E-state index is 12.9. The smallest absolute Gasteiger partial charge is 0.207 e. The Kier molecular flexibility index (Phi) is 5.21. The van der Waals surface area contributed by atoms with Crippen LogP contribution in [0.3, 0.4) is 0 Å². The number of hydrogen-bond donors (Lipinski definition) is 2. The SMILES string of the molecule is CC(C)(C)Oc1c(O)cc(C(=O)c2ccccc2)c(OC(C)(C)C)c1O. The minimum absolute atomic E-state index is 0.0107. The van der Waals surface area contributed by atoms with Crippen molar-refractivity contribution in [1.29, 1.82) is 0 Å². The van der Waals surface area contributed by atoms with Crippen LogP contribution in [0.25, 0.3) is 0 Å². The Hall–Kier alpha value is -2.69. The lowest BCUT2D eigenvalue weighted by Crippen LogP contribution is -2.26. The third-order valence-electron chi connectivity index (χ3n) is 3.29. The molecule has 2 aromatic carbocycles. The zero-order valence-corrected chi connectivity index (χ0v) is 16.1. The third kappa shape index (κ3) is 4.69. The van der Waals surface area contributed by atoms with Crippen LogP contribution in [0.4, 0.5) is 0 Å². The van der Waals surface area contributed by atoms with Crippen LogP contribution in [0.5, 0.6) is 23.0 Å². The molecule has 0 aliphatic heterocycles. The first-order valence-electron chi connectivity index (χ1n) is 8.46. The number of rotatable bonds is 4. The number of aromatic hydroxyl groups is 2. The lowest BCUT2D eigenvalue weighted by Gasteiger charge is -2.27. The molecule has 5 nitrogen and oxygen atoms in total. The van der Waals surface area contributed by atoms with E-state index in [9.17, 15) is 15.0 Å². The highest BCUT2D eigenvalue weighted by molar-refractivity contribution is 6.11. The fourth-order valence-corrected chi connectivity index (χ4v) is 2.35. The zero-order valence-electron chi connectivity index (χ0n) is 16.1. The van der Waals surface area contributed by atoms with E-state index >= 15 is 0 Å². The predicted octanol–water partition coefficient (Wildman–Crippen LogP) is 4.68. The minimum atomic E-state index is -0.667. The van der Waals surface area contributed by atoms with Gasteiger partial charge in [0.15, 0.2) is 17.3 Å². The number of phenolic OH excluding ortho intramolecular Hbond substituents is 2. The van der Waals surface area contributed by atoms with Crippen molar-refractivity contribution in [3.05, 3.63) is 47.5 Å². The molecular formula is C21H26O5. The van der Waals surface area contributed by atoms with E-state index in [1.807, 2.05) is 0 Å². The number of benzene rings is 2. The first-order valence-corrected chi connectivity index (χ1v) is 8.46. The van der Waals surface area contributed by atoms with Crippen LogP contribution < -0.4 is 9.47 Å². The molecule has 0 heterocycles. The molecule has 140 valence electrons. The van der Waals surface area contributed by atoms with Crippen molar-refractivity contribution >= 4 is 5.78 Å². The van der Waals surface area contributed by atoms with Gasteiger partial charge in [-0.15, -0.1) is 0 Å². The highest BCUT2D eigenvalue weighted by Crippen LogP contribution is 2.48. The summed E-state index contributed by atoms with van der Waals surface area (Å²) in [5.74, 6) is -1.20. The van der Waals surface area contributed by atoms with Gasteiger partial charge in [0, 0.05) is 5.56 Å². The van der Waals surface area contributed by atoms with Gasteiger partial charge < -0.3 is 19.7 Å².